The predicted molar refractivity (Wildman–Crippen MR) is 77.0 cm³/mol. The predicted octanol–water partition coefficient (Wildman–Crippen LogP) is 1.96. The van der Waals surface area contributed by atoms with E-state index in [2.05, 4.69) is 0 Å². The number of amides is 1. The monoisotopic (exact) mass is 308 g/mol. The average molecular weight is 308 g/mol. The zero-order valence-corrected chi connectivity index (χ0v) is 12.6. The molecule has 1 aromatic rings. The Labute approximate surface area is 126 Å². The lowest BCUT2D eigenvalue weighted by Gasteiger charge is -2.44. The molecular weight excluding hydrogens is 292 g/mol. The molecule has 22 heavy (non-hydrogen) atoms. The molecule has 8 heteroatoms. The fourth-order valence-electron chi connectivity index (χ4n) is 2.23. The number of nitrogens with zero attached hydrogens (tertiary/aromatic N) is 2. The van der Waals surface area contributed by atoms with E-state index in [0.717, 1.165) is 11.0 Å². The summed E-state index contributed by atoms with van der Waals surface area (Å²) in [5.74, 6) is -1.58. The molecule has 118 valence electrons. The van der Waals surface area contributed by atoms with Gasteiger partial charge in [-0.05, 0) is 33.8 Å². The minimum Gasteiger partial charge on any atom is -0.480 e. The fourth-order valence-corrected chi connectivity index (χ4v) is 2.23. The number of ether oxygens (including phenoxy) is 1. The molecule has 0 saturated heterocycles. The van der Waals surface area contributed by atoms with Gasteiger partial charge in [0.1, 0.15) is 11.3 Å². The molecule has 0 aromatic heterocycles. The number of aliphatic carboxylic acids is 1. The number of carboxylic acids is 1. The van der Waals surface area contributed by atoms with Crippen LogP contribution in [0.5, 0.6) is 5.75 Å². The second kappa shape index (κ2) is 4.69. The molecule has 1 heterocycles. The van der Waals surface area contributed by atoms with E-state index in [-0.39, 0.29) is 17.1 Å². The van der Waals surface area contributed by atoms with Crippen molar-refractivity contribution in [3.05, 3.63) is 28.3 Å². The van der Waals surface area contributed by atoms with Crippen LogP contribution in [0, 0.1) is 10.1 Å². The maximum Gasteiger partial charge on any atom is 0.329 e. The fraction of sp³-hybridized carbons (Fsp3) is 0.429. The average Bonchev–Trinajstić information content (AvgIpc) is 2.38. The van der Waals surface area contributed by atoms with Gasteiger partial charge >= 0.3 is 5.97 Å². The van der Waals surface area contributed by atoms with Crippen LogP contribution in [0.4, 0.5) is 11.4 Å². The number of rotatable bonds is 3. The van der Waals surface area contributed by atoms with Crippen molar-refractivity contribution < 1.29 is 24.4 Å². The number of non-ortho nitro benzene ring substituents is 1. The highest BCUT2D eigenvalue weighted by atomic mass is 16.6. The molecule has 0 atom stereocenters. The molecular formula is C14H16N2O6. The summed E-state index contributed by atoms with van der Waals surface area (Å²) in [6.07, 6.45) is 0. The summed E-state index contributed by atoms with van der Waals surface area (Å²) in [7, 11) is 0. The molecule has 8 nitrogen and oxygen atoms in total. The Morgan fingerprint density at radius 1 is 1.41 bits per heavy atom. The second-order valence-electron chi connectivity index (χ2n) is 6.03. The van der Waals surface area contributed by atoms with Gasteiger partial charge in [-0.3, -0.25) is 19.8 Å². The zero-order chi connectivity index (χ0) is 16.9. The third kappa shape index (κ3) is 2.26. The number of carboxylic acid groups (broad SMARTS) is 1. The van der Waals surface area contributed by atoms with E-state index in [0.29, 0.717) is 0 Å². The maximum absolute atomic E-state index is 12.6. The van der Waals surface area contributed by atoms with E-state index in [9.17, 15) is 24.8 Å². The summed E-state index contributed by atoms with van der Waals surface area (Å²) >= 11 is 0. The summed E-state index contributed by atoms with van der Waals surface area (Å²) in [4.78, 5) is 35.5. The van der Waals surface area contributed by atoms with Crippen molar-refractivity contribution in [1.29, 1.82) is 0 Å². The standard InChI is InChI=1S/C14H16N2O6/c1-13(2,12(18)19)15-9-7-8(16(20)21)5-6-10(9)22-14(3,4)11(15)17/h5-7H,1-4H3,(H,18,19). The van der Waals surface area contributed by atoms with Crippen molar-refractivity contribution in [3.8, 4) is 5.75 Å². The van der Waals surface area contributed by atoms with E-state index in [4.69, 9.17) is 4.74 Å². The molecule has 1 aliphatic rings. The molecule has 0 bridgehead atoms. The highest BCUT2D eigenvalue weighted by molar-refractivity contribution is 6.07. The Bertz CT molecular complexity index is 680. The smallest absolute Gasteiger partial charge is 0.329 e. The number of carbonyl (C=O) groups is 2. The molecule has 1 N–H and O–H groups in total. The lowest BCUT2D eigenvalue weighted by Crippen LogP contribution is -2.62. The van der Waals surface area contributed by atoms with Crippen LogP contribution in [-0.4, -0.2) is 33.0 Å². The highest BCUT2D eigenvalue weighted by Crippen LogP contribution is 2.43. The zero-order valence-electron chi connectivity index (χ0n) is 12.6. The van der Waals surface area contributed by atoms with Gasteiger partial charge in [0.05, 0.1) is 10.6 Å². The van der Waals surface area contributed by atoms with Crippen molar-refractivity contribution in [3.63, 3.8) is 0 Å². The Morgan fingerprint density at radius 3 is 2.50 bits per heavy atom. The van der Waals surface area contributed by atoms with E-state index in [1.807, 2.05) is 0 Å². The first-order chi connectivity index (χ1) is 9.98. The third-order valence-electron chi connectivity index (χ3n) is 3.56. The summed E-state index contributed by atoms with van der Waals surface area (Å²) < 4.78 is 5.56. The van der Waals surface area contributed by atoms with Gasteiger partial charge < -0.3 is 9.84 Å². The van der Waals surface area contributed by atoms with Gasteiger partial charge in [-0.2, -0.15) is 0 Å². The summed E-state index contributed by atoms with van der Waals surface area (Å²) in [5, 5.41) is 20.3. The Balaban J connectivity index is 2.71. The first-order valence-corrected chi connectivity index (χ1v) is 6.54. The lowest BCUT2D eigenvalue weighted by molar-refractivity contribution is -0.384. The van der Waals surface area contributed by atoms with E-state index >= 15 is 0 Å². The first kappa shape index (κ1) is 15.7. The molecule has 1 aliphatic heterocycles. The number of nitro groups is 1. The van der Waals surface area contributed by atoms with Crippen LogP contribution >= 0.6 is 0 Å². The largest absolute Gasteiger partial charge is 0.480 e. The normalized spacial score (nSPS) is 16.7. The van der Waals surface area contributed by atoms with E-state index in [1.54, 1.807) is 0 Å². The van der Waals surface area contributed by atoms with Crippen LogP contribution in [-0.2, 0) is 9.59 Å². The number of hydrogen-bond acceptors (Lipinski definition) is 5. The van der Waals surface area contributed by atoms with Crippen LogP contribution in [0.15, 0.2) is 18.2 Å². The van der Waals surface area contributed by atoms with Gasteiger partial charge in [-0.25, -0.2) is 4.79 Å². The summed E-state index contributed by atoms with van der Waals surface area (Å²) in [6.45, 7) is 5.75. The molecule has 0 radical (unpaired) electrons. The summed E-state index contributed by atoms with van der Waals surface area (Å²) in [5.41, 5.74) is -3.02. The van der Waals surface area contributed by atoms with E-state index in [1.165, 1.54) is 39.8 Å². The number of nitro benzene ring substituents is 1. The number of hydrogen-bond donors (Lipinski definition) is 1. The molecule has 0 aliphatic carbocycles. The van der Waals surface area contributed by atoms with Crippen LogP contribution < -0.4 is 9.64 Å². The first-order valence-electron chi connectivity index (χ1n) is 6.54. The number of fused-ring (bicyclic) bond motifs is 1. The second-order valence-corrected chi connectivity index (χ2v) is 6.03. The molecule has 0 spiro atoms. The number of benzene rings is 1. The van der Waals surface area contributed by atoms with Crippen molar-refractivity contribution in [2.45, 2.75) is 38.8 Å². The topological polar surface area (TPSA) is 110 Å². The molecule has 1 aromatic carbocycles. The van der Waals surface area contributed by atoms with Crippen molar-refractivity contribution in [2.24, 2.45) is 0 Å². The van der Waals surface area contributed by atoms with Crippen LogP contribution in [0.25, 0.3) is 0 Å². The van der Waals surface area contributed by atoms with E-state index < -0.39 is 27.9 Å². The molecule has 0 saturated carbocycles. The van der Waals surface area contributed by atoms with Gasteiger partial charge in [0, 0.05) is 12.1 Å². The van der Waals surface area contributed by atoms with Gasteiger partial charge in [0.25, 0.3) is 11.6 Å². The molecule has 0 unspecified atom stereocenters. The van der Waals surface area contributed by atoms with Crippen molar-refractivity contribution >= 4 is 23.3 Å². The molecule has 1 amide bonds. The lowest BCUT2D eigenvalue weighted by atomic mass is 9.95. The number of anilines is 1. The van der Waals surface area contributed by atoms with Crippen LogP contribution in [0.1, 0.15) is 27.7 Å². The van der Waals surface area contributed by atoms with Crippen LogP contribution in [0.2, 0.25) is 0 Å². The Morgan fingerprint density at radius 2 is 2.00 bits per heavy atom. The summed E-state index contributed by atoms with van der Waals surface area (Å²) in [6, 6.07) is 3.76. The minimum atomic E-state index is -1.58. The Kier molecular flexibility index (Phi) is 3.35. The highest BCUT2D eigenvalue weighted by Gasteiger charge is 2.50. The molecule has 2 rings (SSSR count). The van der Waals surface area contributed by atoms with Gasteiger partial charge in [0.2, 0.25) is 0 Å². The SMILES string of the molecule is CC1(C)Oc2ccc([N+](=O)[O-])cc2N(C(C)(C)C(=O)O)C1=O. The minimum absolute atomic E-state index is 0.0749. The van der Waals surface area contributed by atoms with Gasteiger partial charge in [0.15, 0.2) is 5.60 Å². The van der Waals surface area contributed by atoms with Gasteiger partial charge in [-0.1, -0.05) is 0 Å². The molecule has 0 fully saturated rings. The quantitative estimate of drug-likeness (QED) is 0.675. The third-order valence-corrected chi connectivity index (χ3v) is 3.56. The van der Waals surface area contributed by atoms with Crippen molar-refractivity contribution in [2.75, 3.05) is 4.90 Å². The number of carbonyl (C=O) groups excluding carboxylic acids is 1. The van der Waals surface area contributed by atoms with Gasteiger partial charge in [-0.15, -0.1) is 0 Å². The van der Waals surface area contributed by atoms with Crippen molar-refractivity contribution in [1.82, 2.24) is 0 Å². The Hall–Kier alpha value is -2.64. The maximum atomic E-state index is 12.6. The van der Waals surface area contributed by atoms with Crippen LogP contribution in [0.3, 0.4) is 0 Å².